The number of anilines is 1. The number of alkyl halides is 6. The molecule has 4 nitrogen and oxygen atoms in total. The molecule has 0 spiro atoms. The minimum absolute atomic E-state index is 0.204. The summed E-state index contributed by atoms with van der Waals surface area (Å²) in [6.07, 6.45) is -8.74. The number of aliphatic hydroxyl groups is 1. The van der Waals surface area contributed by atoms with Crippen LogP contribution in [0.3, 0.4) is 0 Å². The standard InChI is InChI=1S/C21H17Cl3F6N2O2/c22-15-5-12(6-16(23)17(15)24)19(34,21(28,29)30)9-32-13-4-3-11(14(7-13)20(25,26)27)8-31-18(33)10-1-2-10/h3-7,10,32,34H,1-2,8-9H2,(H,31,33). The lowest BCUT2D eigenvalue weighted by atomic mass is 9.92. The summed E-state index contributed by atoms with van der Waals surface area (Å²) in [5, 5.41) is 14.2. The summed E-state index contributed by atoms with van der Waals surface area (Å²) >= 11 is 17.3. The second-order valence-corrected chi connectivity index (χ2v) is 9.02. The van der Waals surface area contributed by atoms with E-state index in [9.17, 15) is 36.2 Å². The number of benzene rings is 2. The Balaban J connectivity index is 1.87. The molecule has 2 aromatic carbocycles. The predicted octanol–water partition coefficient (Wildman–Crippen LogP) is 6.55. The molecule has 0 aliphatic heterocycles. The van der Waals surface area contributed by atoms with Crippen LogP contribution in [0.15, 0.2) is 30.3 Å². The maximum absolute atomic E-state index is 13.8. The normalized spacial score (nSPS) is 16.2. The first-order chi connectivity index (χ1) is 15.6. The fourth-order valence-corrected chi connectivity index (χ4v) is 3.76. The monoisotopic (exact) mass is 548 g/mol. The molecule has 1 amide bonds. The van der Waals surface area contributed by atoms with Gasteiger partial charge in [0.1, 0.15) is 0 Å². The number of hydrogen-bond acceptors (Lipinski definition) is 3. The largest absolute Gasteiger partial charge is 0.423 e. The van der Waals surface area contributed by atoms with Crippen molar-refractivity contribution in [3.8, 4) is 0 Å². The summed E-state index contributed by atoms with van der Waals surface area (Å²) in [6, 6.07) is 4.32. The van der Waals surface area contributed by atoms with Gasteiger partial charge in [0.05, 0.1) is 27.2 Å². The minimum Gasteiger partial charge on any atom is -0.381 e. The molecule has 3 N–H and O–H groups in total. The third-order valence-corrected chi connectivity index (χ3v) is 6.49. The van der Waals surface area contributed by atoms with Crippen molar-refractivity contribution >= 4 is 46.4 Å². The highest BCUT2D eigenvalue weighted by atomic mass is 35.5. The number of rotatable bonds is 7. The van der Waals surface area contributed by atoms with Gasteiger partial charge >= 0.3 is 12.4 Å². The topological polar surface area (TPSA) is 61.4 Å². The van der Waals surface area contributed by atoms with E-state index >= 15 is 0 Å². The van der Waals surface area contributed by atoms with Gasteiger partial charge in [-0.15, -0.1) is 0 Å². The highest BCUT2D eigenvalue weighted by Gasteiger charge is 2.55. The van der Waals surface area contributed by atoms with Crippen LogP contribution in [0.1, 0.15) is 29.5 Å². The zero-order chi connectivity index (χ0) is 25.5. The van der Waals surface area contributed by atoms with Gasteiger partial charge in [-0.25, -0.2) is 0 Å². The van der Waals surface area contributed by atoms with Crippen LogP contribution < -0.4 is 10.6 Å². The Morgan fingerprint density at radius 2 is 1.59 bits per heavy atom. The third-order valence-electron chi connectivity index (χ3n) is 5.30. The zero-order valence-corrected chi connectivity index (χ0v) is 19.3. The van der Waals surface area contributed by atoms with Crippen molar-refractivity contribution in [2.75, 3.05) is 11.9 Å². The lowest BCUT2D eigenvalue weighted by Gasteiger charge is -2.32. The fraction of sp³-hybridized carbons (Fsp3) is 0.381. The van der Waals surface area contributed by atoms with E-state index < -0.39 is 42.2 Å². The van der Waals surface area contributed by atoms with Crippen molar-refractivity contribution in [1.82, 2.24) is 5.32 Å². The first kappa shape index (κ1) is 26.7. The Kier molecular flexibility index (Phi) is 7.58. The van der Waals surface area contributed by atoms with Crippen molar-refractivity contribution in [1.29, 1.82) is 0 Å². The quantitative estimate of drug-likeness (QED) is 0.271. The summed E-state index contributed by atoms with van der Waals surface area (Å²) in [6.45, 7) is -1.64. The second-order valence-electron chi connectivity index (χ2n) is 7.83. The Morgan fingerprint density at radius 3 is 2.09 bits per heavy atom. The van der Waals surface area contributed by atoms with Crippen LogP contribution in [-0.2, 0) is 23.1 Å². The molecule has 1 unspecified atom stereocenters. The number of carbonyl (C=O) groups excluding carboxylic acids is 1. The Hall–Kier alpha value is -1.88. The first-order valence-electron chi connectivity index (χ1n) is 9.79. The van der Waals surface area contributed by atoms with Gasteiger partial charge in [-0.1, -0.05) is 40.9 Å². The van der Waals surface area contributed by atoms with Gasteiger partial charge in [0, 0.05) is 18.2 Å². The van der Waals surface area contributed by atoms with Crippen molar-refractivity contribution in [3.05, 3.63) is 62.1 Å². The lowest BCUT2D eigenvalue weighted by Crippen LogP contribution is -2.47. The molecule has 186 valence electrons. The van der Waals surface area contributed by atoms with E-state index in [0.717, 1.165) is 24.3 Å². The smallest absolute Gasteiger partial charge is 0.381 e. The molecule has 0 heterocycles. The van der Waals surface area contributed by atoms with E-state index in [1.54, 1.807) is 0 Å². The molecule has 0 radical (unpaired) electrons. The van der Waals surface area contributed by atoms with E-state index in [0.29, 0.717) is 18.9 Å². The van der Waals surface area contributed by atoms with E-state index in [-0.39, 0.29) is 38.1 Å². The van der Waals surface area contributed by atoms with Gasteiger partial charge in [0.25, 0.3) is 0 Å². The molecule has 1 atom stereocenters. The predicted molar refractivity (Wildman–Crippen MR) is 116 cm³/mol. The number of hydrogen-bond donors (Lipinski definition) is 3. The second kappa shape index (κ2) is 9.64. The molecule has 1 saturated carbocycles. The first-order valence-corrected chi connectivity index (χ1v) is 10.9. The SMILES string of the molecule is O=C(NCc1ccc(NCC(O)(c2cc(Cl)c(Cl)c(Cl)c2)C(F)(F)F)cc1C(F)(F)F)C1CC1. The summed E-state index contributed by atoms with van der Waals surface area (Å²) in [5.41, 5.74) is -6.03. The molecule has 34 heavy (non-hydrogen) atoms. The molecule has 3 rings (SSSR count). The van der Waals surface area contributed by atoms with Gasteiger partial charge in [-0.3, -0.25) is 4.79 Å². The van der Waals surface area contributed by atoms with Gasteiger partial charge in [-0.2, -0.15) is 26.3 Å². The van der Waals surface area contributed by atoms with Crippen LogP contribution in [-0.4, -0.2) is 23.7 Å². The van der Waals surface area contributed by atoms with E-state index in [4.69, 9.17) is 34.8 Å². The van der Waals surface area contributed by atoms with Gasteiger partial charge in [0.15, 0.2) is 0 Å². The molecule has 1 aliphatic rings. The summed E-state index contributed by atoms with van der Waals surface area (Å²) in [5.74, 6) is -0.559. The molecule has 1 fully saturated rings. The summed E-state index contributed by atoms with van der Waals surface area (Å²) < 4.78 is 82.1. The van der Waals surface area contributed by atoms with Crippen molar-refractivity contribution in [3.63, 3.8) is 0 Å². The maximum atomic E-state index is 13.8. The van der Waals surface area contributed by atoms with Crippen LogP contribution in [0.4, 0.5) is 32.0 Å². The lowest BCUT2D eigenvalue weighted by molar-refractivity contribution is -0.260. The average molecular weight is 550 g/mol. The molecular weight excluding hydrogens is 533 g/mol. The molecule has 2 aromatic rings. The van der Waals surface area contributed by atoms with Crippen LogP contribution in [0.2, 0.25) is 15.1 Å². The Labute approximate surface area is 205 Å². The average Bonchev–Trinajstić information content (AvgIpc) is 3.58. The summed E-state index contributed by atoms with van der Waals surface area (Å²) in [4.78, 5) is 11.8. The molecule has 0 bridgehead atoms. The Bertz CT molecular complexity index is 1070. The number of nitrogens with one attached hydrogen (secondary N) is 2. The van der Waals surface area contributed by atoms with E-state index in [1.165, 1.54) is 0 Å². The van der Waals surface area contributed by atoms with Crippen molar-refractivity contribution < 1.29 is 36.2 Å². The van der Waals surface area contributed by atoms with Crippen molar-refractivity contribution in [2.45, 2.75) is 37.3 Å². The zero-order valence-electron chi connectivity index (χ0n) is 17.0. The van der Waals surface area contributed by atoms with Gasteiger partial charge in [0.2, 0.25) is 11.5 Å². The molecule has 13 heteroatoms. The summed E-state index contributed by atoms with van der Waals surface area (Å²) in [7, 11) is 0. The van der Waals surface area contributed by atoms with Crippen LogP contribution >= 0.6 is 34.8 Å². The molecular formula is C21H17Cl3F6N2O2. The van der Waals surface area contributed by atoms with Crippen molar-refractivity contribution in [2.24, 2.45) is 5.92 Å². The van der Waals surface area contributed by atoms with Gasteiger partial charge < -0.3 is 15.7 Å². The molecule has 1 aliphatic carbocycles. The van der Waals surface area contributed by atoms with Crippen LogP contribution in [0, 0.1) is 5.92 Å². The Morgan fingerprint density at radius 1 is 1.00 bits per heavy atom. The molecule has 0 saturated heterocycles. The van der Waals surface area contributed by atoms with Crippen LogP contribution in [0.5, 0.6) is 0 Å². The van der Waals surface area contributed by atoms with E-state index in [1.807, 2.05) is 0 Å². The third kappa shape index (κ3) is 5.84. The number of halogens is 9. The maximum Gasteiger partial charge on any atom is 0.423 e. The minimum atomic E-state index is -5.25. The van der Waals surface area contributed by atoms with Gasteiger partial charge in [-0.05, 0) is 48.2 Å². The highest BCUT2D eigenvalue weighted by molar-refractivity contribution is 6.48. The highest BCUT2D eigenvalue weighted by Crippen LogP contribution is 2.43. The number of amides is 1. The fourth-order valence-electron chi connectivity index (χ4n) is 3.17. The molecule has 0 aromatic heterocycles. The number of carbonyl (C=O) groups is 1. The van der Waals surface area contributed by atoms with Crippen LogP contribution in [0.25, 0.3) is 0 Å². The van der Waals surface area contributed by atoms with E-state index in [2.05, 4.69) is 10.6 Å².